The predicted molar refractivity (Wildman–Crippen MR) is 110 cm³/mol. The Balaban J connectivity index is 1.86. The number of rotatable bonds is 6. The number of piperazine rings is 1. The van der Waals surface area contributed by atoms with Gasteiger partial charge in [-0.15, -0.1) is 0 Å². The number of likely N-dealkylation sites (N-methyl/N-ethyl adjacent to an activating group) is 1. The summed E-state index contributed by atoms with van der Waals surface area (Å²) in [5, 5.41) is 15.0. The average Bonchev–Trinajstić information content (AvgIpc) is 3.32. The fourth-order valence-electron chi connectivity index (χ4n) is 3.74. The van der Waals surface area contributed by atoms with Crippen molar-refractivity contribution in [3.63, 3.8) is 0 Å². The highest BCUT2D eigenvalue weighted by Gasteiger charge is 2.32. The third-order valence-corrected chi connectivity index (χ3v) is 6.38. The van der Waals surface area contributed by atoms with E-state index in [0.29, 0.717) is 22.2 Å². The van der Waals surface area contributed by atoms with Crippen LogP contribution in [0, 0.1) is 0 Å². The SMILES string of the molecule is COc1cc([C@H](c2sc3ncnn3c2O)N2CCN(C)CC2)cc(OC)c1OC. The molecule has 0 saturated carbocycles. The van der Waals surface area contributed by atoms with Crippen LogP contribution in [0.15, 0.2) is 18.5 Å². The lowest BCUT2D eigenvalue weighted by Crippen LogP contribution is -2.46. The zero-order chi connectivity index (χ0) is 20.5. The van der Waals surface area contributed by atoms with Gasteiger partial charge in [-0.3, -0.25) is 4.90 Å². The molecule has 9 nitrogen and oxygen atoms in total. The maximum absolute atomic E-state index is 10.9. The zero-order valence-corrected chi connectivity index (χ0v) is 17.8. The second-order valence-corrected chi connectivity index (χ2v) is 7.95. The highest BCUT2D eigenvalue weighted by Crippen LogP contribution is 2.45. The number of benzene rings is 1. The van der Waals surface area contributed by atoms with E-state index in [1.54, 1.807) is 21.3 Å². The number of fused-ring (bicyclic) bond motifs is 1. The molecule has 1 atom stereocenters. The number of ether oxygens (including phenoxy) is 3. The van der Waals surface area contributed by atoms with E-state index < -0.39 is 0 Å². The minimum atomic E-state index is -0.189. The maximum Gasteiger partial charge on any atom is 0.230 e. The molecule has 156 valence electrons. The summed E-state index contributed by atoms with van der Waals surface area (Å²) in [5.41, 5.74) is 0.948. The number of hydrogen-bond donors (Lipinski definition) is 1. The highest BCUT2D eigenvalue weighted by molar-refractivity contribution is 7.17. The molecule has 1 aromatic carbocycles. The molecule has 1 aliphatic rings. The summed E-state index contributed by atoms with van der Waals surface area (Å²) in [4.78, 5) is 10.3. The van der Waals surface area contributed by atoms with Gasteiger partial charge in [0.1, 0.15) is 6.33 Å². The standard InChI is InChI=1S/C19H25N5O4S/c1-22-5-7-23(8-6-22)15(17-18(25)24-19(29-17)20-11-21-24)12-9-13(26-2)16(28-4)14(10-12)27-3/h9-11,15,25H,5-8H2,1-4H3/t15-/m1/s1. The van der Waals surface area contributed by atoms with Crippen LogP contribution in [0.1, 0.15) is 16.5 Å². The number of thiazole rings is 1. The molecule has 0 radical (unpaired) electrons. The van der Waals surface area contributed by atoms with Crippen molar-refractivity contribution in [3.8, 4) is 23.1 Å². The van der Waals surface area contributed by atoms with E-state index in [9.17, 15) is 5.11 Å². The summed E-state index contributed by atoms with van der Waals surface area (Å²) < 4.78 is 18.1. The lowest BCUT2D eigenvalue weighted by Gasteiger charge is -2.38. The monoisotopic (exact) mass is 419 g/mol. The van der Waals surface area contributed by atoms with Gasteiger partial charge >= 0.3 is 0 Å². The van der Waals surface area contributed by atoms with Crippen molar-refractivity contribution in [3.05, 3.63) is 28.9 Å². The second kappa shape index (κ2) is 8.05. The van der Waals surface area contributed by atoms with Crippen molar-refractivity contribution < 1.29 is 19.3 Å². The van der Waals surface area contributed by atoms with E-state index in [0.717, 1.165) is 36.6 Å². The Morgan fingerprint density at radius 1 is 1.03 bits per heavy atom. The first-order chi connectivity index (χ1) is 14.1. The van der Waals surface area contributed by atoms with Gasteiger partial charge in [0.25, 0.3) is 0 Å². The van der Waals surface area contributed by atoms with Gasteiger partial charge in [-0.1, -0.05) is 11.3 Å². The number of aromatic nitrogens is 3. The van der Waals surface area contributed by atoms with Crippen LogP contribution in [0.2, 0.25) is 0 Å². The van der Waals surface area contributed by atoms with Crippen LogP contribution >= 0.6 is 11.3 Å². The normalized spacial score (nSPS) is 16.8. The molecule has 0 unspecified atom stereocenters. The molecule has 1 N–H and O–H groups in total. The van der Waals surface area contributed by atoms with E-state index >= 15 is 0 Å². The molecular weight excluding hydrogens is 394 g/mol. The molecule has 0 bridgehead atoms. The molecule has 1 aliphatic heterocycles. The van der Waals surface area contributed by atoms with Crippen LogP contribution in [-0.2, 0) is 0 Å². The molecule has 2 aromatic heterocycles. The van der Waals surface area contributed by atoms with Gasteiger partial charge in [0.05, 0.1) is 32.2 Å². The van der Waals surface area contributed by atoms with Crippen LogP contribution in [0.5, 0.6) is 23.1 Å². The summed E-state index contributed by atoms with van der Waals surface area (Å²) in [6.07, 6.45) is 1.44. The molecule has 3 heterocycles. The second-order valence-electron chi connectivity index (χ2n) is 6.94. The summed E-state index contributed by atoms with van der Waals surface area (Å²) in [6, 6.07) is 3.70. The smallest absolute Gasteiger partial charge is 0.230 e. The van der Waals surface area contributed by atoms with Gasteiger partial charge in [0.15, 0.2) is 11.5 Å². The predicted octanol–water partition coefficient (Wildman–Crippen LogP) is 1.86. The Morgan fingerprint density at radius 2 is 1.69 bits per heavy atom. The van der Waals surface area contributed by atoms with Gasteiger partial charge in [-0.2, -0.15) is 9.61 Å². The van der Waals surface area contributed by atoms with Crippen LogP contribution in [0.25, 0.3) is 4.96 Å². The Morgan fingerprint density at radius 3 is 2.24 bits per heavy atom. The number of methoxy groups -OCH3 is 3. The summed E-state index contributed by atoms with van der Waals surface area (Å²) in [5.74, 6) is 1.82. The fraction of sp³-hybridized carbons (Fsp3) is 0.474. The largest absolute Gasteiger partial charge is 0.493 e. The number of aromatic hydroxyl groups is 1. The van der Waals surface area contributed by atoms with Crippen molar-refractivity contribution in [2.24, 2.45) is 0 Å². The topological polar surface area (TPSA) is 84.6 Å². The maximum atomic E-state index is 10.9. The molecule has 0 spiro atoms. The van der Waals surface area contributed by atoms with Crippen molar-refractivity contribution in [2.45, 2.75) is 6.04 Å². The van der Waals surface area contributed by atoms with E-state index in [1.165, 1.54) is 22.2 Å². The third-order valence-electron chi connectivity index (χ3n) is 5.29. The van der Waals surface area contributed by atoms with E-state index in [2.05, 4.69) is 26.9 Å². The van der Waals surface area contributed by atoms with E-state index in [4.69, 9.17) is 14.2 Å². The first-order valence-corrected chi connectivity index (χ1v) is 10.1. The average molecular weight is 420 g/mol. The summed E-state index contributed by atoms with van der Waals surface area (Å²) in [6.45, 7) is 3.63. The summed E-state index contributed by atoms with van der Waals surface area (Å²) in [7, 11) is 6.91. The van der Waals surface area contributed by atoms with Crippen molar-refractivity contribution in [1.82, 2.24) is 24.4 Å². The van der Waals surface area contributed by atoms with Gasteiger partial charge in [0.2, 0.25) is 16.6 Å². The first-order valence-electron chi connectivity index (χ1n) is 9.31. The number of nitrogens with zero attached hydrogens (tertiary/aromatic N) is 5. The third kappa shape index (κ3) is 3.47. The number of hydrogen-bond acceptors (Lipinski definition) is 9. The van der Waals surface area contributed by atoms with E-state index in [-0.39, 0.29) is 11.9 Å². The molecule has 1 saturated heterocycles. The molecule has 1 fully saturated rings. The lowest BCUT2D eigenvalue weighted by atomic mass is 10.0. The molecule has 29 heavy (non-hydrogen) atoms. The zero-order valence-electron chi connectivity index (χ0n) is 17.0. The van der Waals surface area contributed by atoms with Crippen molar-refractivity contribution in [1.29, 1.82) is 0 Å². The Labute approximate surface area is 173 Å². The van der Waals surface area contributed by atoms with Crippen LogP contribution in [0.4, 0.5) is 0 Å². The highest BCUT2D eigenvalue weighted by atomic mass is 32.1. The summed E-state index contributed by atoms with van der Waals surface area (Å²) >= 11 is 1.44. The molecular formula is C19H25N5O4S. The molecule has 0 amide bonds. The lowest BCUT2D eigenvalue weighted by molar-refractivity contribution is 0.127. The van der Waals surface area contributed by atoms with Crippen LogP contribution < -0.4 is 14.2 Å². The molecule has 0 aliphatic carbocycles. The molecule has 4 rings (SSSR count). The Bertz CT molecular complexity index is 971. The van der Waals surface area contributed by atoms with Crippen LogP contribution in [0.3, 0.4) is 0 Å². The molecule has 3 aromatic rings. The van der Waals surface area contributed by atoms with Crippen LogP contribution in [-0.4, -0.2) is 84.1 Å². The fourth-order valence-corrected chi connectivity index (χ4v) is 4.83. The molecule has 10 heteroatoms. The van der Waals surface area contributed by atoms with Gasteiger partial charge < -0.3 is 24.2 Å². The first kappa shape index (κ1) is 19.7. The van der Waals surface area contributed by atoms with Crippen molar-refractivity contribution >= 4 is 16.3 Å². The minimum Gasteiger partial charge on any atom is -0.493 e. The Kier molecular flexibility index (Phi) is 5.48. The quantitative estimate of drug-likeness (QED) is 0.648. The van der Waals surface area contributed by atoms with Gasteiger partial charge in [-0.05, 0) is 24.7 Å². The van der Waals surface area contributed by atoms with Gasteiger partial charge in [-0.25, -0.2) is 4.98 Å². The Hall–Kier alpha value is -2.56. The van der Waals surface area contributed by atoms with E-state index in [1.807, 2.05) is 12.1 Å². The minimum absolute atomic E-state index is 0.111. The van der Waals surface area contributed by atoms with Crippen molar-refractivity contribution in [2.75, 3.05) is 54.6 Å². The van der Waals surface area contributed by atoms with Gasteiger partial charge in [0, 0.05) is 26.2 Å².